The van der Waals surface area contributed by atoms with E-state index < -0.39 is 42.7 Å². The van der Waals surface area contributed by atoms with Crippen LogP contribution in [0.1, 0.15) is 27.2 Å². The lowest BCUT2D eigenvalue weighted by Gasteiger charge is -2.21. The summed E-state index contributed by atoms with van der Waals surface area (Å²) < 4.78 is 68.4. The van der Waals surface area contributed by atoms with Crippen molar-refractivity contribution in [2.45, 2.75) is 39.3 Å². The predicted octanol–water partition coefficient (Wildman–Crippen LogP) is 2.71. The maximum atomic E-state index is 12.4. The zero-order valence-electron chi connectivity index (χ0n) is 11.1. The Balaban J connectivity index is 4.25. The van der Waals surface area contributed by atoms with Gasteiger partial charge >= 0.3 is 24.0 Å². The van der Waals surface area contributed by atoms with Gasteiger partial charge in [-0.2, -0.15) is 22.0 Å². The smallest absolute Gasteiger partial charge is 0.456 e. The quantitative estimate of drug-likeness (QED) is 0.559. The maximum Gasteiger partial charge on any atom is 0.456 e. The fourth-order valence-corrected chi connectivity index (χ4v) is 0.759. The summed E-state index contributed by atoms with van der Waals surface area (Å²) in [5.41, 5.74) is -0.893. The standard InChI is InChI=1S/C11H15F5O4/c1-4-9(2,3)8(18)19-5-7(17)20-6-10(12,13)11(14,15)16/h4-6H2,1-3H3. The van der Waals surface area contributed by atoms with Crippen molar-refractivity contribution in [2.75, 3.05) is 13.2 Å². The SMILES string of the molecule is CCC(C)(C)C(=O)OCC(=O)OCC(F)(F)C(F)(F)F. The highest BCUT2D eigenvalue weighted by Gasteiger charge is 2.58. The molecule has 0 heterocycles. The highest BCUT2D eigenvalue weighted by molar-refractivity contribution is 5.79. The fraction of sp³-hybridized carbons (Fsp3) is 0.818. The topological polar surface area (TPSA) is 52.6 Å². The van der Waals surface area contributed by atoms with Gasteiger partial charge in [0.05, 0.1) is 5.41 Å². The van der Waals surface area contributed by atoms with Crippen molar-refractivity contribution >= 4 is 11.9 Å². The molecule has 9 heteroatoms. The van der Waals surface area contributed by atoms with Crippen LogP contribution in [0.3, 0.4) is 0 Å². The Labute approximate surface area is 112 Å². The van der Waals surface area contributed by atoms with Gasteiger partial charge in [-0.15, -0.1) is 0 Å². The van der Waals surface area contributed by atoms with Gasteiger partial charge in [0.1, 0.15) is 0 Å². The first-order chi connectivity index (χ1) is 8.83. The van der Waals surface area contributed by atoms with Crippen molar-refractivity contribution in [3.05, 3.63) is 0 Å². The third-order valence-corrected chi connectivity index (χ3v) is 2.59. The van der Waals surface area contributed by atoms with E-state index in [-0.39, 0.29) is 0 Å². The number of alkyl halides is 5. The van der Waals surface area contributed by atoms with Crippen molar-refractivity contribution in [1.29, 1.82) is 0 Å². The second kappa shape index (κ2) is 6.36. The van der Waals surface area contributed by atoms with Crippen LogP contribution in [-0.2, 0) is 19.1 Å². The molecule has 0 aromatic rings. The fourth-order valence-electron chi connectivity index (χ4n) is 0.759. The van der Waals surface area contributed by atoms with Gasteiger partial charge < -0.3 is 9.47 Å². The van der Waals surface area contributed by atoms with E-state index in [1.807, 2.05) is 0 Å². The van der Waals surface area contributed by atoms with Crippen molar-refractivity contribution in [3.63, 3.8) is 0 Å². The summed E-state index contributed by atoms with van der Waals surface area (Å²) in [5, 5.41) is 0. The normalized spacial score (nSPS) is 13.0. The van der Waals surface area contributed by atoms with E-state index in [2.05, 4.69) is 9.47 Å². The third kappa shape index (κ3) is 5.30. The van der Waals surface area contributed by atoms with Crippen LogP contribution in [0.25, 0.3) is 0 Å². The van der Waals surface area contributed by atoms with E-state index in [0.717, 1.165) is 0 Å². The highest BCUT2D eigenvalue weighted by atomic mass is 19.4. The first-order valence-electron chi connectivity index (χ1n) is 5.61. The zero-order valence-corrected chi connectivity index (χ0v) is 11.1. The molecule has 0 unspecified atom stereocenters. The molecule has 0 amide bonds. The van der Waals surface area contributed by atoms with Crippen molar-refractivity contribution in [3.8, 4) is 0 Å². The van der Waals surface area contributed by atoms with E-state index in [1.54, 1.807) is 6.92 Å². The molecule has 0 fully saturated rings. The average molecular weight is 306 g/mol. The Morgan fingerprint density at radius 3 is 1.90 bits per heavy atom. The van der Waals surface area contributed by atoms with Crippen LogP contribution < -0.4 is 0 Å². The van der Waals surface area contributed by atoms with E-state index in [9.17, 15) is 31.5 Å². The number of ether oxygens (including phenoxy) is 2. The Morgan fingerprint density at radius 2 is 1.50 bits per heavy atom. The molecule has 0 N–H and O–H groups in total. The van der Waals surface area contributed by atoms with Crippen LogP contribution in [0.5, 0.6) is 0 Å². The molecule has 0 rings (SSSR count). The van der Waals surface area contributed by atoms with Crippen LogP contribution in [0.15, 0.2) is 0 Å². The first-order valence-corrected chi connectivity index (χ1v) is 5.61. The Bertz CT molecular complexity index is 362. The van der Waals surface area contributed by atoms with Gasteiger partial charge in [-0.05, 0) is 20.3 Å². The molecule has 0 spiro atoms. The van der Waals surface area contributed by atoms with Crippen LogP contribution in [0, 0.1) is 5.41 Å². The average Bonchev–Trinajstić information content (AvgIpc) is 2.31. The molecular weight excluding hydrogens is 291 g/mol. The number of halogens is 5. The Morgan fingerprint density at radius 1 is 1.00 bits per heavy atom. The molecule has 4 nitrogen and oxygen atoms in total. The number of rotatable bonds is 6. The Hall–Kier alpha value is -1.41. The minimum Gasteiger partial charge on any atom is -0.456 e. The first kappa shape index (κ1) is 18.6. The molecule has 20 heavy (non-hydrogen) atoms. The van der Waals surface area contributed by atoms with Crippen molar-refractivity contribution in [2.24, 2.45) is 5.41 Å². The van der Waals surface area contributed by atoms with E-state index in [0.29, 0.717) is 6.42 Å². The predicted molar refractivity (Wildman–Crippen MR) is 57.0 cm³/mol. The van der Waals surface area contributed by atoms with Gasteiger partial charge in [-0.3, -0.25) is 4.79 Å². The molecule has 0 aliphatic heterocycles. The van der Waals surface area contributed by atoms with Crippen LogP contribution in [-0.4, -0.2) is 37.3 Å². The van der Waals surface area contributed by atoms with Gasteiger partial charge in [0, 0.05) is 0 Å². The van der Waals surface area contributed by atoms with E-state index in [1.165, 1.54) is 13.8 Å². The second-order valence-electron chi connectivity index (χ2n) is 4.68. The summed E-state index contributed by atoms with van der Waals surface area (Å²) in [6.07, 6.45) is -5.42. The number of hydrogen-bond donors (Lipinski definition) is 0. The summed E-state index contributed by atoms with van der Waals surface area (Å²) in [4.78, 5) is 22.3. The van der Waals surface area contributed by atoms with Crippen LogP contribution in [0.2, 0.25) is 0 Å². The number of carbonyl (C=O) groups is 2. The molecule has 0 atom stereocenters. The van der Waals surface area contributed by atoms with Gasteiger partial charge in [-0.1, -0.05) is 6.92 Å². The number of hydrogen-bond acceptors (Lipinski definition) is 4. The van der Waals surface area contributed by atoms with Crippen LogP contribution >= 0.6 is 0 Å². The summed E-state index contributed by atoms with van der Waals surface area (Å²) in [6, 6.07) is 0. The van der Waals surface area contributed by atoms with Gasteiger partial charge in [0.15, 0.2) is 13.2 Å². The molecule has 0 saturated heterocycles. The van der Waals surface area contributed by atoms with Crippen LogP contribution in [0.4, 0.5) is 22.0 Å². The van der Waals surface area contributed by atoms with Gasteiger partial charge in [-0.25, -0.2) is 4.79 Å². The summed E-state index contributed by atoms with van der Waals surface area (Å²) in [6.45, 7) is 1.57. The summed E-state index contributed by atoms with van der Waals surface area (Å²) in [7, 11) is 0. The number of carbonyl (C=O) groups excluding carboxylic acids is 2. The van der Waals surface area contributed by atoms with Crippen molar-refractivity contribution < 1.29 is 41.0 Å². The lowest BCUT2D eigenvalue weighted by Crippen LogP contribution is -2.41. The zero-order chi connectivity index (χ0) is 16.2. The minimum atomic E-state index is -5.81. The van der Waals surface area contributed by atoms with E-state index >= 15 is 0 Å². The molecule has 0 aliphatic rings. The summed E-state index contributed by atoms with van der Waals surface area (Å²) >= 11 is 0. The molecular formula is C11H15F5O4. The van der Waals surface area contributed by atoms with Crippen molar-refractivity contribution in [1.82, 2.24) is 0 Å². The molecule has 0 aliphatic carbocycles. The molecule has 0 saturated carbocycles. The van der Waals surface area contributed by atoms with Gasteiger partial charge in [0.25, 0.3) is 0 Å². The maximum absolute atomic E-state index is 12.4. The third-order valence-electron chi connectivity index (χ3n) is 2.59. The Kier molecular flexibility index (Phi) is 5.91. The summed E-state index contributed by atoms with van der Waals surface area (Å²) in [5.74, 6) is -7.40. The number of esters is 2. The van der Waals surface area contributed by atoms with E-state index in [4.69, 9.17) is 0 Å². The molecule has 0 radical (unpaired) electrons. The molecule has 0 aromatic carbocycles. The lowest BCUT2D eigenvalue weighted by molar-refractivity contribution is -0.294. The largest absolute Gasteiger partial charge is 0.456 e. The second-order valence-corrected chi connectivity index (χ2v) is 4.68. The minimum absolute atomic E-state index is 0.396. The lowest BCUT2D eigenvalue weighted by atomic mass is 9.91. The molecule has 118 valence electrons. The van der Waals surface area contributed by atoms with Gasteiger partial charge in [0.2, 0.25) is 0 Å². The molecule has 0 bridgehead atoms. The highest BCUT2D eigenvalue weighted by Crippen LogP contribution is 2.35. The monoisotopic (exact) mass is 306 g/mol. The molecule has 0 aromatic heterocycles.